The highest BCUT2D eigenvalue weighted by Gasteiger charge is 2.48. The third-order valence-electron chi connectivity index (χ3n) is 5.73. The summed E-state index contributed by atoms with van der Waals surface area (Å²) in [6.45, 7) is 2.52. The number of ether oxygens (including phenoxy) is 1. The van der Waals surface area contributed by atoms with Crippen LogP contribution >= 0.6 is 0 Å². The summed E-state index contributed by atoms with van der Waals surface area (Å²) in [4.78, 5) is 26.0. The summed E-state index contributed by atoms with van der Waals surface area (Å²) in [6, 6.07) is 6.45. The van der Waals surface area contributed by atoms with Crippen LogP contribution in [0.4, 0.5) is 0 Å². The van der Waals surface area contributed by atoms with Gasteiger partial charge in [-0.2, -0.15) is 0 Å². The molecule has 0 bridgehead atoms. The summed E-state index contributed by atoms with van der Waals surface area (Å²) in [7, 11) is 0. The fourth-order valence-electron chi connectivity index (χ4n) is 3.86. The number of hydrogen-bond acceptors (Lipinski definition) is 4. The van der Waals surface area contributed by atoms with E-state index in [1.807, 2.05) is 0 Å². The molecule has 26 heavy (non-hydrogen) atoms. The molecule has 4 rings (SSSR count). The number of amides is 2. The van der Waals surface area contributed by atoms with E-state index in [1.165, 1.54) is 18.9 Å². The number of phenolic OH excluding ortho intramolecular Hbond substituents is 1. The molecule has 0 radical (unpaired) electrons. The largest absolute Gasteiger partial charge is 0.508 e. The topological polar surface area (TPSA) is 78.9 Å². The highest BCUT2D eigenvalue weighted by Crippen LogP contribution is 2.37. The van der Waals surface area contributed by atoms with E-state index in [4.69, 9.17) is 4.74 Å². The van der Waals surface area contributed by atoms with Crippen molar-refractivity contribution in [1.29, 1.82) is 0 Å². The van der Waals surface area contributed by atoms with Crippen LogP contribution in [0.2, 0.25) is 0 Å². The van der Waals surface area contributed by atoms with E-state index in [-0.39, 0.29) is 23.2 Å². The second kappa shape index (κ2) is 6.91. The Bertz CT molecular complexity index is 685. The lowest BCUT2D eigenvalue weighted by atomic mass is 9.82. The Balaban J connectivity index is 1.20. The van der Waals surface area contributed by atoms with E-state index >= 15 is 0 Å². The summed E-state index contributed by atoms with van der Waals surface area (Å²) in [6.07, 6.45) is 4.99. The second-order valence-electron chi connectivity index (χ2n) is 8.06. The maximum absolute atomic E-state index is 12.5. The molecule has 1 aromatic carbocycles. The molecule has 2 N–H and O–H groups in total. The Labute approximate surface area is 153 Å². The monoisotopic (exact) mass is 358 g/mol. The van der Waals surface area contributed by atoms with Crippen molar-refractivity contribution < 1.29 is 19.4 Å². The standard InChI is InChI=1S/C20H26N2O4/c23-17-3-1-2-16(9-17)19(25)22-12-20(13-22)7-6-15(11-26-20)10-21-18(24)8-14-4-5-14/h1-3,9,14-15,23H,4-8,10-13H2,(H,21,24)/t15-/m0/s1. The van der Waals surface area contributed by atoms with E-state index in [0.29, 0.717) is 50.1 Å². The minimum atomic E-state index is -0.221. The summed E-state index contributed by atoms with van der Waals surface area (Å²) in [5.74, 6) is 1.18. The van der Waals surface area contributed by atoms with Crippen LogP contribution in [0, 0.1) is 11.8 Å². The van der Waals surface area contributed by atoms with Crippen molar-refractivity contribution in [3.05, 3.63) is 29.8 Å². The third kappa shape index (κ3) is 3.85. The Morgan fingerprint density at radius 3 is 2.69 bits per heavy atom. The summed E-state index contributed by atoms with van der Waals surface area (Å²) < 4.78 is 6.09. The van der Waals surface area contributed by atoms with Crippen molar-refractivity contribution in [2.24, 2.45) is 11.8 Å². The zero-order valence-electron chi connectivity index (χ0n) is 14.9. The van der Waals surface area contributed by atoms with E-state index in [2.05, 4.69) is 5.32 Å². The number of rotatable bonds is 5. The molecule has 2 aliphatic heterocycles. The maximum Gasteiger partial charge on any atom is 0.254 e. The molecule has 2 amide bonds. The van der Waals surface area contributed by atoms with E-state index in [0.717, 1.165) is 12.8 Å². The molecule has 2 heterocycles. The Hall–Kier alpha value is -2.08. The summed E-state index contributed by atoms with van der Waals surface area (Å²) >= 11 is 0. The predicted molar refractivity (Wildman–Crippen MR) is 95.8 cm³/mol. The molecule has 140 valence electrons. The van der Waals surface area contributed by atoms with Crippen molar-refractivity contribution in [2.45, 2.75) is 37.7 Å². The minimum Gasteiger partial charge on any atom is -0.508 e. The van der Waals surface area contributed by atoms with Crippen molar-refractivity contribution in [3.63, 3.8) is 0 Å². The van der Waals surface area contributed by atoms with Gasteiger partial charge in [0.15, 0.2) is 0 Å². The smallest absolute Gasteiger partial charge is 0.254 e. The highest BCUT2D eigenvalue weighted by molar-refractivity contribution is 5.95. The number of benzene rings is 1. The van der Waals surface area contributed by atoms with Crippen molar-refractivity contribution in [3.8, 4) is 5.75 Å². The molecule has 1 atom stereocenters. The molecule has 0 unspecified atom stereocenters. The second-order valence-corrected chi connectivity index (χ2v) is 8.06. The van der Waals surface area contributed by atoms with Gasteiger partial charge in [0.25, 0.3) is 5.91 Å². The van der Waals surface area contributed by atoms with Gasteiger partial charge in [-0.25, -0.2) is 0 Å². The van der Waals surface area contributed by atoms with Crippen LogP contribution in [0.1, 0.15) is 42.5 Å². The quantitative estimate of drug-likeness (QED) is 0.843. The van der Waals surface area contributed by atoms with Gasteiger partial charge in [0.2, 0.25) is 5.91 Å². The first-order valence-electron chi connectivity index (χ1n) is 9.52. The highest BCUT2D eigenvalue weighted by atomic mass is 16.5. The zero-order chi connectivity index (χ0) is 18.1. The normalized spacial score (nSPS) is 24.2. The molecule has 6 heteroatoms. The lowest BCUT2D eigenvalue weighted by Crippen LogP contribution is -2.66. The molecular weight excluding hydrogens is 332 g/mol. The Morgan fingerprint density at radius 1 is 1.23 bits per heavy atom. The maximum atomic E-state index is 12.5. The zero-order valence-corrected chi connectivity index (χ0v) is 14.9. The van der Waals surface area contributed by atoms with Gasteiger partial charge < -0.3 is 20.1 Å². The van der Waals surface area contributed by atoms with Crippen LogP contribution in [-0.4, -0.2) is 53.7 Å². The molecule has 3 fully saturated rings. The number of phenols is 1. The van der Waals surface area contributed by atoms with Crippen molar-refractivity contribution >= 4 is 11.8 Å². The molecule has 1 aromatic rings. The number of aromatic hydroxyl groups is 1. The van der Waals surface area contributed by atoms with Crippen LogP contribution in [0.3, 0.4) is 0 Å². The van der Waals surface area contributed by atoms with Crippen molar-refractivity contribution in [1.82, 2.24) is 10.2 Å². The molecule has 2 saturated heterocycles. The van der Waals surface area contributed by atoms with Gasteiger partial charge >= 0.3 is 0 Å². The third-order valence-corrected chi connectivity index (χ3v) is 5.73. The van der Waals surface area contributed by atoms with E-state index in [9.17, 15) is 14.7 Å². The molecule has 1 spiro atoms. The first kappa shape index (κ1) is 17.3. The van der Waals surface area contributed by atoms with Crippen LogP contribution in [0.5, 0.6) is 5.75 Å². The fraction of sp³-hybridized carbons (Fsp3) is 0.600. The first-order chi connectivity index (χ1) is 12.5. The average Bonchev–Trinajstić information content (AvgIpc) is 3.42. The molecule has 1 saturated carbocycles. The Morgan fingerprint density at radius 2 is 2.04 bits per heavy atom. The minimum absolute atomic E-state index is 0.0652. The van der Waals surface area contributed by atoms with Gasteiger partial charge in [0.1, 0.15) is 11.4 Å². The number of carbonyl (C=O) groups is 2. The van der Waals surface area contributed by atoms with E-state index < -0.39 is 0 Å². The van der Waals surface area contributed by atoms with Gasteiger partial charge in [-0.1, -0.05) is 6.07 Å². The average molecular weight is 358 g/mol. The molecular formula is C20H26N2O4. The molecule has 1 aliphatic carbocycles. The fourth-order valence-corrected chi connectivity index (χ4v) is 3.86. The van der Waals surface area contributed by atoms with Gasteiger partial charge in [0.05, 0.1) is 19.7 Å². The number of likely N-dealkylation sites (tertiary alicyclic amines) is 1. The lowest BCUT2D eigenvalue weighted by Gasteiger charge is -2.52. The number of carbonyl (C=O) groups excluding carboxylic acids is 2. The van der Waals surface area contributed by atoms with Crippen LogP contribution in [0.25, 0.3) is 0 Å². The van der Waals surface area contributed by atoms with Gasteiger partial charge in [-0.15, -0.1) is 0 Å². The molecule has 3 aliphatic rings. The van der Waals surface area contributed by atoms with Gasteiger partial charge in [0, 0.05) is 18.5 Å². The van der Waals surface area contributed by atoms with Gasteiger partial charge in [-0.3, -0.25) is 9.59 Å². The summed E-state index contributed by atoms with van der Waals surface area (Å²) in [5.41, 5.74) is 0.285. The summed E-state index contributed by atoms with van der Waals surface area (Å²) in [5, 5.41) is 12.6. The SMILES string of the molecule is O=C(CC1CC1)NC[C@@H]1CCC2(CN(C(=O)c3cccc(O)c3)C2)OC1. The van der Waals surface area contributed by atoms with Crippen LogP contribution in [-0.2, 0) is 9.53 Å². The Kier molecular flexibility index (Phi) is 4.61. The number of nitrogens with zero attached hydrogens (tertiary/aromatic N) is 1. The first-order valence-corrected chi connectivity index (χ1v) is 9.52. The van der Waals surface area contributed by atoms with E-state index in [1.54, 1.807) is 23.1 Å². The van der Waals surface area contributed by atoms with Crippen LogP contribution in [0.15, 0.2) is 24.3 Å². The van der Waals surface area contributed by atoms with Crippen LogP contribution < -0.4 is 5.32 Å². The number of nitrogens with one attached hydrogen (secondary N) is 1. The lowest BCUT2D eigenvalue weighted by molar-refractivity contribution is -0.166. The van der Waals surface area contributed by atoms with Gasteiger partial charge in [-0.05, 0) is 55.7 Å². The molecule has 0 aromatic heterocycles. The van der Waals surface area contributed by atoms with Crippen molar-refractivity contribution in [2.75, 3.05) is 26.2 Å². The molecule has 6 nitrogen and oxygen atoms in total. The number of hydrogen-bond donors (Lipinski definition) is 2. The predicted octanol–water partition coefficient (Wildman–Crippen LogP) is 1.93.